The van der Waals surface area contributed by atoms with Crippen molar-refractivity contribution in [3.63, 3.8) is 0 Å². The van der Waals surface area contributed by atoms with Crippen LogP contribution in [0.3, 0.4) is 0 Å². The summed E-state index contributed by atoms with van der Waals surface area (Å²) in [6.45, 7) is 0. The lowest BCUT2D eigenvalue weighted by Gasteiger charge is -2.04. The third-order valence-electron chi connectivity index (χ3n) is 3.18. The average Bonchev–Trinajstić information content (AvgIpc) is 3.04. The van der Waals surface area contributed by atoms with E-state index in [0.717, 1.165) is 16.9 Å². The van der Waals surface area contributed by atoms with Crippen molar-refractivity contribution in [1.82, 2.24) is 15.2 Å². The van der Waals surface area contributed by atoms with Gasteiger partial charge in [-0.05, 0) is 29.8 Å². The molecule has 0 amide bonds. The van der Waals surface area contributed by atoms with Crippen LogP contribution in [0.4, 0.5) is 0 Å². The van der Waals surface area contributed by atoms with Gasteiger partial charge < -0.3 is 4.74 Å². The molecule has 0 unspecified atom stereocenters. The number of methoxy groups -OCH3 is 1. The zero-order valence-electron chi connectivity index (χ0n) is 12.2. The summed E-state index contributed by atoms with van der Waals surface area (Å²) in [5.41, 5.74) is 1.94. The number of hydrogen-bond donors (Lipinski definition) is 1. The molecule has 0 aliphatic heterocycles. The molecule has 0 saturated carbocycles. The van der Waals surface area contributed by atoms with Crippen LogP contribution in [-0.2, 0) is 5.75 Å². The molecule has 7 heteroatoms. The summed E-state index contributed by atoms with van der Waals surface area (Å²) >= 11 is 13.5. The topological polar surface area (TPSA) is 50.8 Å². The molecule has 0 spiro atoms. The van der Waals surface area contributed by atoms with Crippen LogP contribution in [0, 0.1) is 0 Å². The summed E-state index contributed by atoms with van der Waals surface area (Å²) in [6.07, 6.45) is 0. The van der Waals surface area contributed by atoms with E-state index in [1.807, 2.05) is 36.4 Å². The van der Waals surface area contributed by atoms with E-state index < -0.39 is 0 Å². The predicted octanol–water partition coefficient (Wildman–Crippen LogP) is 5.08. The number of rotatable bonds is 5. The van der Waals surface area contributed by atoms with Gasteiger partial charge in [-0.25, -0.2) is 4.98 Å². The van der Waals surface area contributed by atoms with Crippen molar-refractivity contribution in [2.75, 3.05) is 7.11 Å². The first-order chi connectivity index (χ1) is 11.2. The van der Waals surface area contributed by atoms with Crippen LogP contribution in [0.2, 0.25) is 10.0 Å². The van der Waals surface area contributed by atoms with Gasteiger partial charge in [-0.3, -0.25) is 5.10 Å². The Labute approximate surface area is 148 Å². The van der Waals surface area contributed by atoms with E-state index in [4.69, 9.17) is 27.9 Å². The zero-order chi connectivity index (χ0) is 16.2. The third-order valence-corrected chi connectivity index (χ3v) is 4.84. The van der Waals surface area contributed by atoms with Crippen molar-refractivity contribution in [1.29, 1.82) is 0 Å². The van der Waals surface area contributed by atoms with Gasteiger partial charge in [-0.15, -0.1) is 5.10 Å². The first kappa shape index (κ1) is 16.2. The summed E-state index contributed by atoms with van der Waals surface area (Å²) in [7, 11) is 1.63. The Bertz CT molecular complexity index is 823. The molecule has 0 aliphatic carbocycles. The quantitative estimate of drug-likeness (QED) is 0.640. The number of benzene rings is 2. The number of aromatic nitrogens is 3. The van der Waals surface area contributed by atoms with Crippen LogP contribution in [0.5, 0.6) is 5.75 Å². The lowest BCUT2D eigenvalue weighted by Crippen LogP contribution is -1.88. The molecule has 1 N–H and O–H groups in total. The summed E-state index contributed by atoms with van der Waals surface area (Å²) in [5.74, 6) is 2.14. The van der Waals surface area contributed by atoms with Crippen molar-refractivity contribution in [2.24, 2.45) is 0 Å². The fraction of sp³-hybridized carbons (Fsp3) is 0.125. The number of nitrogens with one attached hydrogen (secondary N) is 1. The SMILES string of the molecule is COc1ccccc1-c1nc(SCc2ccc(Cl)c(Cl)c2)n[nH]1. The monoisotopic (exact) mass is 365 g/mol. The molecule has 3 rings (SSSR count). The largest absolute Gasteiger partial charge is 0.496 e. The first-order valence-electron chi connectivity index (χ1n) is 6.80. The maximum atomic E-state index is 6.02. The molecule has 0 aliphatic rings. The van der Waals surface area contributed by atoms with Gasteiger partial charge in [0.2, 0.25) is 5.16 Å². The number of ether oxygens (including phenoxy) is 1. The van der Waals surface area contributed by atoms with Gasteiger partial charge in [0.1, 0.15) is 5.75 Å². The van der Waals surface area contributed by atoms with E-state index in [2.05, 4.69) is 15.2 Å². The predicted molar refractivity (Wildman–Crippen MR) is 94.4 cm³/mol. The second-order valence-electron chi connectivity index (χ2n) is 4.70. The van der Waals surface area contributed by atoms with Crippen LogP contribution >= 0.6 is 35.0 Å². The molecule has 0 saturated heterocycles. The van der Waals surface area contributed by atoms with Crippen molar-refractivity contribution in [3.05, 3.63) is 58.1 Å². The van der Waals surface area contributed by atoms with Gasteiger partial charge >= 0.3 is 0 Å². The molecule has 4 nitrogen and oxygen atoms in total. The average molecular weight is 366 g/mol. The fourth-order valence-electron chi connectivity index (χ4n) is 2.05. The van der Waals surface area contributed by atoms with Crippen molar-refractivity contribution < 1.29 is 4.74 Å². The minimum absolute atomic E-state index is 0.550. The molecule has 118 valence electrons. The van der Waals surface area contributed by atoms with Crippen molar-refractivity contribution >= 4 is 35.0 Å². The molecule has 1 aromatic heterocycles. The Hall–Kier alpha value is -1.69. The van der Waals surface area contributed by atoms with Crippen molar-refractivity contribution in [2.45, 2.75) is 10.9 Å². The molecule has 0 bridgehead atoms. The molecular formula is C16H13Cl2N3OS. The normalized spacial score (nSPS) is 10.7. The van der Waals surface area contributed by atoms with Crippen LogP contribution in [-0.4, -0.2) is 22.3 Å². The Morgan fingerprint density at radius 3 is 2.74 bits per heavy atom. The molecule has 0 fully saturated rings. The second kappa shape index (κ2) is 7.25. The number of nitrogens with zero attached hydrogens (tertiary/aromatic N) is 2. The van der Waals surface area contributed by atoms with Crippen LogP contribution in [0.25, 0.3) is 11.4 Å². The van der Waals surface area contributed by atoms with E-state index in [0.29, 0.717) is 26.8 Å². The summed E-state index contributed by atoms with van der Waals surface area (Å²) in [4.78, 5) is 4.50. The van der Waals surface area contributed by atoms with E-state index >= 15 is 0 Å². The van der Waals surface area contributed by atoms with Crippen LogP contribution in [0.15, 0.2) is 47.6 Å². The molecular weight excluding hydrogens is 353 g/mol. The summed E-state index contributed by atoms with van der Waals surface area (Å²) < 4.78 is 5.34. The van der Waals surface area contributed by atoms with Gasteiger partial charge in [0, 0.05) is 5.75 Å². The van der Waals surface area contributed by atoms with E-state index in [1.54, 1.807) is 13.2 Å². The molecule has 1 heterocycles. The van der Waals surface area contributed by atoms with Gasteiger partial charge in [0.15, 0.2) is 5.82 Å². The number of thioether (sulfide) groups is 1. The van der Waals surface area contributed by atoms with Gasteiger partial charge in [0.05, 0.1) is 22.7 Å². The molecule has 0 atom stereocenters. The molecule has 23 heavy (non-hydrogen) atoms. The minimum Gasteiger partial charge on any atom is -0.496 e. The van der Waals surface area contributed by atoms with Gasteiger partial charge in [-0.2, -0.15) is 0 Å². The number of aromatic amines is 1. The minimum atomic E-state index is 0.550. The lowest BCUT2D eigenvalue weighted by molar-refractivity contribution is 0.416. The van der Waals surface area contributed by atoms with Crippen LogP contribution in [0.1, 0.15) is 5.56 Å². The maximum absolute atomic E-state index is 6.02. The lowest BCUT2D eigenvalue weighted by atomic mass is 10.2. The third kappa shape index (κ3) is 3.80. The Kier molecular flexibility index (Phi) is 5.10. The molecule has 0 radical (unpaired) electrons. The second-order valence-corrected chi connectivity index (χ2v) is 6.46. The summed E-state index contributed by atoms with van der Waals surface area (Å²) in [6, 6.07) is 13.3. The van der Waals surface area contributed by atoms with Gasteiger partial charge in [0.25, 0.3) is 0 Å². The van der Waals surface area contributed by atoms with E-state index in [1.165, 1.54) is 11.8 Å². The smallest absolute Gasteiger partial charge is 0.209 e. The van der Waals surface area contributed by atoms with E-state index in [9.17, 15) is 0 Å². The number of hydrogen-bond acceptors (Lipinski definition) is 4. The van der Waals surface area contributed by atoms with Crippen molar-refractivity contribution in [3.8, 4) is 17.1 Å². The number of H-pyrrole nitrogens is 1. The standard InChI is InChI=1S/C16H13Cl2N3OS/c1-22-14-5-3-2-4-11(14)15-19-16(21-20-15)23-9-10-6-7-12(17)13(18)8-10/h2-8H,9H2,1H3,(H,19,20,21). The van der Waals surface area contributed by atoms with E-state index in [-0.39, 0.29) is 0 Å². The highest BCUT2D eigenvalue weighted by molar-refractivity contribution is 7.98. The van der Waals surface area contributed by atoms with Gasteiger partial charge in [-0.1, -0.05) is 53.2 Å². The first-order valence-corrected chi connectivity index (χ1v) is 8.54. The highest BCUT2D eigenvalue weighted by Crippen LogP contribution is 2.29. The van der Waals surface area contributed by atoms with Crippen LogP contribution < -0.4 is 4.74 Å². The Morgan fingerprint density at radius 1 is 1.13 bits per heavy atom. The highest BCUT2D eigenvalue weighted by Gasteiger charge is 2.11. The molecule has 2 aromatic carbocycles. The summed E-state index contributed by atoms with van der Waals surface area (Å²) in [5, 5.41) is 8.95. The Balaban J connectivity index is 1.73. The number of halogens is 2. The highest BCUT2D eigenvalue weighted by atomic mass is 35.5. The zero-order valence-corrected chi connectivity index (χ0v) is 14.5. The molecule has 3 aromatic rings. The fourth-order valence-corrected chi connectivity index (χ4v) is 3.11. The maximum Gasteiger partial charge on any atom is 0.209 e. The number of para-hydroxylation sites is 1. The Morgan fingerprint density at radius 2 is 1.96 bits per heavy atom.